The Balaban J connectivity index is 2.18. The van der Waals surface area contributed by atoms with Gasteiger partial charge >= 0.3 is 0 Å². The Morgan fingerprint density at radius 2 is 1.65 bits per heavy atom. The van der Waals surface area contributed by atoms with Crippen LogP contribution < -0.4 is 15.1 Å². The average molecular weight is 225 g/mol. The minimum absolute atomic E-state index is 0.861. The van der Waals surface area contributed by atoms with Gasteiger partial charge in [-0.15, -0.1) is 0 Å². The van der Waals surface area contributed by atoms with Crippen molar-refractivity contribution in [2.45, 2.75) is 0 Å². The average Bonchev–Trinajstić information content (AvgIpc) is 2.32. The van der Waals surface area contributed by atoms with Crippen molar-refractivity contribution < 1.29 is 4.74 Å². The van der Waals surface area contributed by atoms with E-state index in [1.165, 1.54) is 5.46 Å². The molecule has 0 bridgehead atoms. The highest BCUT2D eigenvalue weighted by Gasteiger charge is 2.00. The standard InChI is InChI=1S/C14H16BNO/c1-16(2)12-4-3-5-14(10-12)17-13-8-6-11(15)7-9-13/h3-10H,15H2,1-2H3. The summed E-state index contributed by atoms with van der Waals surface area (Å²) in [6.45, 7) is 0. The molecule has 0 fully saturated rings. The van der Waals surface area contributed by atoms with Crippen LogP contribution in [-0.4, -0.2) is 21.9 Å². The van der Waals surface area contributed by atoms with E-state index in [1.54, 1.807) is 0 Å². The van der Waals surface area contributed by atoms with Crippen molar-refractivity contribution in [1.29, 1.82) is 0 Å². The quantitative estimate of drug-likeness (QED) is 0.738. The van der Waals surface area contributed by atoms with E-state index in [-0.39, 0.29) is 0 Å². The van der Waals surface area contributed by atoms with E-state index < -0.39 is 0 Å². The molecule has 0 aliphatic heterocycles. The molecule has 0 aromatic heterocycles. The molecule has 2 nitrogen and oxygen atoms in total. The minimum Gasteiger partial charge on any atom is -0.457 e. The molecule has 0 unspecified atom stereocenters. The van der Waals surface area contributed by atoms with Gasteiger partial charge in [0.05, 0.1) is 0 Å². The fourth-order valence-corrected chi connectivity index (χ4v) is 1.57. The van der Waals surface area contributed by atoms with Crippen LogP contribution >= 0.6 is 0 Å². The van der Waals surface area contributed by atoms with E-state index in [2.05, 4.69) is 18.8 Å². The molecule has 2 aromatic carbocycles. The molecule has 2 rings (SSSR count). The molecule has 2 aromatic rings. The summed E-state index contributed by atoms with van der Waals surface area (Å²) in [6, 6.07) is 16.1. The molecular formula is C14H16BNO. The fraction of sp³-hybridized carbons (Fsp3) is 0.143. The van der Waals surface area contributed by atoms with E-state index in [0.29, 0.717) is 0 Å². The lowest BCUT2D eigenvalue weighted by atomic mass is 9.97. The zero-order chi connectivity index (χ0) is 12.3. The first kappa shape index (κ1) is 11.6. The lowest BCUT2D eigenvalue weighted by molar-refractivity contribution is 0.483. The summed E-state index contributed by atoms with van der Waals surface area (Å²) in [5.41, 5.74) is 2.37. The maximum atomic E-state index is 5.80. The van der Waals surface area contributed by atoms with Gasteiger partial charge in [-0.3, -0.25) is 0 Å². The number of rotatable bonds is 3. The summed E-state index contributed by atoms with van der Waals surface area (Å²) in [7, 11) is 6.10. The summed E-state index contributed by atoms with van der Waals surface area (Å²) in [4.78, 5) is 2.06. The number of anilines is 1. The van der Waals surface area contributed by atoms with E-state index in [9.17, 15) is 0 Å². The van der Waals surface area contributed by atoms with E-state index in [4.69, 9.17) is 4.74 Å². The van der Waals surface area contributed by atoms with Crippen molar-refractivity contribution in [3.8, 4) is 11.5 Å². The molecule has 0 spiro atoms. The van der Waals surface area contributed by atoms with E-state index in [1.807, 2.05) is 56.6 Å². The maximum absolute atomic E-state index is 5.80. The van der Waals surface area contributed by atoms with Gasteiger partial charge in [-0.05, 0) is 24.3 Å². The zero-order valence-electron chi connectivity index (χ0n) is 10.5. The highest BCUT2D eigenvalue weighted by molar-refractivity contribution is 6.32. The van der Waals surface area contributed by atoms with Crippen LogP contribution in [-0.2, 0) is 0 Å². The Kier molecular flexibility index (Phi) is 3.38. The molecule has 17 heavy (non-hydrogen) atoms. The van der Waals surface area contributed by atoms with Crippen molar-refractivity contribution in [2.75, 3.05) is 19.0 Å². The van der Waals surface area contributed by atoms with Crippen molar-refractivity contribution in [3.05, 3.63) is 48.5 Å². The molecule has 0 amide bonds. The molecule has 0 radical (unpaired) electrons. The molecule has 0 aliphatic carbocycles. The molecule has 0 saturated heterocycles. The van der Waals surface area contributed by atoms with Gasteiger partial charge in [0.2, 0.25) is 0 Å². The third-order valence-electron chi connectivity index (χ3n) is 2.59. The van der Waals surface area contributed by atoms with Crippen molar-refractivity contribution >= 4 is 19.0 Å². The topological polar surface area (TPSA) is 12.5 Å². The summed E-state index contributed by atoms with van der Waals surface area (Å²) in [5.74, 6) is 1.73. The first-order chi connectivity index (χ1) is 8.15. The zero-order valence-corrected chi connectivity index (χ0v) is 10.5. The van der Waals surface area contributed by atoms with E-state index in [0.717, 1.165) is 17.2 Å². The second-order valence-electron chi connectivity index (χ2n) is 4.31. The van der Waals surface area contributed by atoms with Crippen LogP contribution in [0, 0.1) is 0 Å². The number of hydrogen-bond donors (Lipinski definition) is 0. The third-order valence-corrected chi connectivity index (χ3v) is 2.59. The highest BCUT2D eigenvalue weighted by Crippen LogP contribution is 2.24. The number of benzene rings is 2. The Bertz CT molecular complexity index is 494. The van der Waals surface area contributed by atoms with Crippen LogP contribution in [0.2, 0.25) is 0 Å². The maximum Gasteiger partial charge on any atom is 0.139 e. The van der Waals surface area contributed by atoms with Gasteiger partial charge < -0.3 is 9.64 Å². The number of ether oxygens (including phenoxy) is 1. The van der Waals surface area contributed by atoms with Crippen LogP contribution in [0.4, 0.5) is 5.69 Å². The predicted octanol–water partition coefficient (Wildman–Crippen LogP) is 1.80. The molecule has 0 aliphatic rings. The molecule has 86 valence electrons. The first-order valence-electron chi connectivity index (χ1n) is 5.67. The predicted molar refractivity (Wildman–Crippen MR) is 75.5 cm³/mol. The molecular weight excluding hydrogens is 209 g/mol. The van der Waals surface area contributed by atoms with Gasteiger partial charge in [-0.1, -0.05) is 23.7 Å². The van der Waals surface area contributed by atoms with Crippen molar-refractivity contribution in [1.82, 2.24) is 0 Å². The highest BCUT2D eigenvalue weighted by atomic mass is 16.5. The lowest BCUT2D eigenvalue weighted by Gasteiger charge is -2.14. The van der Waals surface area contributed by atoms with Crippen LogP contribution in [0.25, 0.3) is 0 Å². The Labute approximate surface area is 103 Å². The van der Waals surface area contributed by atoms with Crippen LogP contribution in [0.5, 0.6) is 11.5 Å². The first-order valence-corrected chi connectivity index (χ1v) is 5.67. The second kappa shape index (κ2) is 4.96. The van der Waals surface area contributed by atoms with Gasteiger partial charge in [0, 0.05) is 25.8 Å². The molecule has 0 saturated carbocycles. The van der Waals surface area contributed by atoms with Gasteiger partial charge in [0.15, 0.2) is 0 Å². The van der Waals surface area contributed by atoms with Gasteiger partial charge in [-0.25, -0.2) is 0 Å². The summed E-state index contributed by atoms with van der Waals surface area (Å²) < 4.78 is 5.80. The Morgan fingerprint density at radius 1 is 0.941 bits per heavy atom. The summed E-state index contributed by atoms with van der Waals surface area (Å²) >= 11 is 0. The molecule has 0 N–H and O–H groups in total. The molecule has 0 heterocycles. The van der Waals surface area contributed by atoms with Crippen LogP contribution in [0.3, 0.4) is 0 Å². The van der Waals surface area contributed by atoms with E-state index >= 15 is 0 Å². The number of hydrogen-bond acceptors (Lipinski definition) is 2. The summed E-state index contributed by atoms with van der Waals surface area (Å²) in [5, 5.41) is 0. The normalized spacial score (nSPS) is 10.0. The molecule has 3 heteroatoms. The second-order valence-corrected chi connectivity index (χ2v) is 4.31. The summed E-state index contributed by atoms with van der Waals surface area (Å²) in [6.07, 6.45) is 0. The van der Waals surface area contributed by atoms with Gasteiger partial charge in [0.25, 0.3) is 0 Å². The SMILES string of the molecule is Bc1ccc(Oc2cccc(N(C)C)c2)cc1. The Morgan fingerprint density at radius 3 is 2.29 bits per heavy atom. The smallest absolute Gasteiger partial charge is 0.139 e. The molecule has 0 atom stereocenters. The third kappa shape index (κ3) is 3.03. The monoisotopic (exact) mass is 225 g/mol. The Hall–Kier alpha value is -1.90. The minimum atomic E-state index is 0.861. The van der Waals surface area contributed by atoms with Crippen molar-refractivity contribution in [3.63, 3.8) is 0 Å². The fourth-order valence-electron chi connectivity index (χ4n) is 1.57. The largest absolute Gasteiger partial charge is 0.457 e. The van der Waals surface area contributed by atoms with Gasteiger partial charge in [0.1, 0.15) is 19.3 Å². The lowest BCUT2D eigenvalue weighted by Crippen LogP contribution is -2.08. The van der Waals surface area contributed by atoms with Crippen LogP contribution in [0.15, 0.2) is 48.5 Å². The van der Waals surface area contributed by atoms with Crippen molar-refractivity contribution in [2.24, 2.45) is 0 Å². The van der Waals surface area contributed by atoms with Gasteiger partial charge in [-0.2, -0.15) is 0 Å². The van der Waals surface area contributed by atoms with Crippen LogP contribution in [0.1, 0.15) is 0 Å². The number of nitrogens with zero attached hydrogens (tertiary/aromatic N) is 1.